The Labute approximate surface area is 108 Å². The van der Waals surface area contributed by atoms with Gasteiger partial charge in [-0.2, -0.15) is 0 Å². The summed E-state index contributed by atoms with van der Waals surface area (Å²) < 4.78 is 0. The molecule has 0 radical (unpaired) electrons. The Kier molecular flexibility index (Phi) is 5.77. The third kappa shape index (κ3) is 3.95. The number of hydrogen-bond donors (Lipinski definition) is 2. The lowest BCUT2D eigenvalue weighted by Crippen LogP contribution is -2.36. The van der Waals surface area contributed by atoms with Crippen molar-refractivity contribution < 1.29 is 5.11 Å². The first-order valence-corrected chi connectivity index (χ1v) is 5.39. The fraction of sp³-hybridized carbons (Fsp3) is 0.500. The Balaban J connectivity index is 0.00000225. The van der Waals surface area contributed by atoms with Gasteiger partial charge in [-0.3, -0.25) is 0 Å². The molecular formula is C12H19Cl2NO. The maximum Gasteiger partial charge on any atom is 0.0780 e. The first kappa shape index (κ1) is 15.7. The van der Waals surface area contributed by atoms with E-state index in [-0.39, 0.29) is 23.9 Å². The number of hydrogen-bond acceptors (Lipinski definition) is 2. The minimum absolute atomic E-state index is 0. The molecule has 0 saturated heterocycles. The molecule has 0 aliphatic rings. The van der Waals surface area contributed by atoms with E-state index < -0.39 is 6.10 Å². The van der Waals surface area contributed by atoms with Crippen molar-refractivity contribution in [2.24, 2.45) is 11.1 Å². The van der Waals surface area contributed by atoms with E-state index in [1.165, 1.54) is 0 Å². The van der Waals surface area contributed by atoms with Crippen LogP contribution in [-0.4, -0.2) is 11.2 Å². The summed E-state index contributed by atoms with van der Waals surface area (Å²) in [5.74, 6) is 0. The lowest BCUT2D eigenvalue weighted by Gasteiger charge is -2.31. The lowest BCUT2D eigenvalue weighted by molar-refractivity contribution is 0.0401. The van der Waals surface area contributed by atoms with Crippen molar-refractivity contribution in [2.45, 2.75) is 32.9 Å². The highest BCUT2D eigenvalue weighted by molar-refractivity contribution is 6.30. The summed E-state index contributed by atoms with van der Waals surface area (Å²) >= 11 is 5.78. The van der Waals surface area contributed by atoms with Gasteiger partial charge in [-0.05, 0) is 23.1 Å². The number of rotatable bonds is 2. The van der Waals surface area contributed by atoms with E-state index in [2.05, 4.69) is 0 Å². The summed E-state index contributed by atoms with van der Waals surface area (Å²) in [6, 6.07) is 6.89. The third-order valence-corrected chi connectivity index (χ3v) is 2.73. The van der Waals surface area contributed by atoms with Gasteiger partial charge >= 0.3 is 0 Å². The van der Waals surface area contributed by atoms with Crippen LogP contribution in [0.5, 0.6) is 0 Å². The van der Waals surface area contributed by atoms with Gasteiger partial charge in [0.2, 0.25) is 0 Å². The Hall–Kier alpha value is -0.280. The van der Waals surface area contributed by atoms with E-state index >= 15 is 0 Å². The third-order valence-electron chi connectivity index (χ3n) is 2.48. The second-order valence-corrected chi connectivity index (χ2v) is 5.32. The highest BCUT2D eigenvalue weighted by Crippen LogP contribution is 2.28. The van der Waals surface area contributed by atoms with Crippen LogP contribution in [0.4, 0.5) is 0 Å². The van der Waals surface area contributed by atoms with Gasteiger partial charge in [0, 0.05) is 5.02 Å². The summed E-state index contributed by atoms with van der Waals surface area (Å²) in [6.07, 6.45) is -0.571. The minimum atomic E-state index is -0.571. The summed E-state index contributed by atoms with van der Waals surface area (Å²) in [7, 11) is 0. The summed E-state index contributed by atoms with van der Waals surface area (Å²) in [4.78, 5) is 0. The fourth-order valence-corrected chi connectivity index (χ4v) is 1.53. The van der Waals surface area contributed by atoms with Crippen molar-refractivity contribution in [1.82, 2.24) is 0 Å². The summed E-state index contributed by atoms with van der Waals surface area (Å²) in [6.45, 7) is 5.90. The Morgan fingerprint density at radius 1 is 1.19 bits per heavy atom. The van der Waals surface area contributed by atoms with Crippen LogP contribution in [0.25, 0.3) is 0 Å². The zero-order chi connectivity index (χ0) is 11.6. The van der Waals surface area contributed by atoms with Crippen molar-refractivity contribution in [2.75, 3.05) is 0 Å². The topological polar surface area (TPSA) is 46.2 Å². The first-order chi connectivity index (χ1) is 6.82. The Bertz CT molecular complexity index is 319. The van der Waals surface area contributed by atoms with Crippen LogP contribution in [0.1, 0.15) is 32.4 Å². The van der Waals surface area contributed by atoms with Gasteiger partial charge in [-0.15, -0.1) is 12.4 Å². The van der Waals surface area contributed by atoms with E-state index in [0.717, 1.165) is 5.56 Å². The average Bonchev–Trinajstić information content (AvgIpc) is 2.15. The molecule has 0 fully saturated rings. The standard InChI is InChI=1S/C12H18ClNO.ClH/c1-12(2,3)11(15)10(14)8-4-6-9(13)7-5-8;/h4-7,10-11,15H,14H2,1-3H3;1H/t10-,11-;/m0./s1. The monoisotopic (exact) mass is 263 g/mol. The molecule has 0 heterocycles. The van der Waals surface area contributed by atoms with Crippen molar-refractivity contribution in [3.8, 4) is 0 Å². The minimum Gasteiger partial charge on any atom is -0.391 e. The molecule has 16 heavy (non-hydrogen) atoms. The van der Waals surface area contributed by atoms with Crippen LogP contribution in [0.2, 0.25) is 5.02 Å². The molecule has 0 amide bonds. The molecule has 0 aromatic heterocycles. The first-order valence-electron chi connectivity index (χ1n) is 5.01. The van der Waals surface area contributed by atoms with E-state index in [4.69, 9.17) is 17.3 Å². The molecule has 92 valence electrons. The number of nitrogens with two attached hydrogens (primary N) is 1. The number of aliphatic hydroxyl groups excluding tert-OH is 1. The molecule has 0 spiro atoms. The van der Waals surface area contributed by atoms with Crippen molar-refractivity contribution >= 4 is 24.0 Å². The molecule has 2 atom stereocenters. The fourth-order valence-electron chi connectivity index (χ4n) is 1.41. The van der Waals surface area contributed by atoms with E-state index in [0.29, 0.717) is 5.02 Å². The number of aliphatic hydroxyl groups is 1. The van der Waals surface area contributed by atoms with Crippen LogP contribution in [0.15, 0.2) is 24.3 Å². The predicted octanol–water partition coefficient (Wildman–Crippen LogP) is 3.17. The van der Waals surface area contributed by atoms with E-state index in [1.807, 2.05) is 32.9 Å². The number of halogens is 2. The zero-order valence-electron chi connectivity index (χ0n) is 9.77. The van der Waals surface area contributed by atoms with Gasteiger partial charge in [-0.25, -0.2) is 0 Å². The molecule has 1 aromatic rings. The normalized spacial score (nSPS) is 15.1. The van der Waals surface area contributed by atoms with Gasteiger partial charge in [0.25, 0.3) is 0 Å². The van der Waals surface area contributed by atoms with E-state index in [9.17, 15) is 5.11 Å². The molecule has 0 unspecified atom stereocenters. The Morgan fingerprint density at radius 2 is 1.62 bits per heavy atom. The van der Waals surface area contributed by atoms with Gasteiger partial charge in [0.1, 0.15) is 0 Å². The molecule has 0 bridgehead atoms. The van der Waals surface area contributed by atoms with Crippen LogP contribution >= 0.6 is 24.0 Å². The molecule has 4 heteroatoms. The molecule has 0 saturated carbocycles. The predicted molar refractivity (Wildman–Crippen MR) is 71.1 cm³/mol. The van der Waals surface area contributed by atoms with Crippen LogP contribution < -0.4 is 5.73 Å². The summed E-state index contributed by atoms with van der Waals surface area (Å²) in [5.41, 5.74) is 6.66. The van der Waals surface area contributed by atoms with Crippen LogP contribution in [-0.2, 0) is 0 Å². The molecule has 0 aliphatic carbocycles. The highest BCUT2D eigenvalue weighted by atomic mass is 35.5. The Morgan fingerprint density at radius 3 is 2.00 bits per heavy atom. The second kappa shape index (κ2) is 5.87. The van der Waals surface area contributed by atoms with Crippen molar-refractivity contribution in [1.29, 1.82) is 0 Å². The van der Waals surface area contributed by atoms with Gasteiger partial charge < -0.3 is 10.8 Å². The maximum atomic E-state index is 10.0. The quantitative estimate of drug-likeness (QED) is 0.861. The molecule has 1 rings (SSSR count). The maximum absolute atomic E-state index is 10.0. The largest absolute Gasteiger partial charge is 0.391 e. The molecule has 3 N–H and O–H groups in total. The number of benzene rings is 1. The molecule has 1 aromatic carbocycles. The highest BCUT2D eigenvalue weighted by Gasteiger charge is 2.28. The van der Waals surface area contributed by atoms with Crippen molar-refractivity contribution in [3.05, 3.63) is 34.9 Å². The SMILES string of the molecule is CC(C)(C)[C@@H](O)[C@@H](N)c1ccc(Cl)cc1.Cl. The molecule has 0 aliphatic heterocycles. The van der Waals surface area contributed by atoms with Gasteiger partial charge in [0.05, 0.1) is 12.1 Å². The molecular weight excluding hydrogens is 245 g/mol. The van der Waals surface area contributed by atoms with Crippen LogP contribution in [0, 0.1) is 5.41 Å². The van der Waals surface area contributed by atoms with Crippen LogP contribution in [0.3, 0.4) is 0 Å². The smallest absolute Gasteiger partial charge is 0.0780 e. The second-order valence-electron chi connectivity index (χ2n) is 4.89. The van der Waals surface area contributed by atoms with Gasteiger partial charge in [-0.1, -0.05) is 44.5 Å². The van der Waals surface area contributed by atoms with E-state index in [1.54, 1.807) is 12.1 Å². The zero-order valence-corrected chi connectivity index (χ0v) is 11.3. The summed E-state index contributed by atoms with van der Waals surface area (Å²) in [5, 5.41) is 10.7. The van der Waals surface area contributed by atoms with Crippen molar-refractivity contribution in [3.63, 3.8) is 0 Å². The molecule has 2 nitrogen and oxygen atoms in total. The lowest BCUT2D eigenvalue weighted by atomic mass is 9.82. The average molecular weight is 264 g/mol. The van der Waals surface area contributed by atoms with Gasteiger partial charge in [0.15, 0.2) is 0 Å².